The monoisotopic (exact) mass is 225 g/mol. The summed E-state index contributed by atoms with van der Waals surface area (Å²) in [6.45, 7) is 7.56. The van der Waals surface area contributed by atoms with Crippen molar-refractivity contribution in [3.63, 3.8) is 0 Å². The molecule has 0 aromatic rings. The van der Waals surface area contributed by atoms with Gasteiger partial charge in [-0.1, -0.05) is 26.7 Å². The van der Waals surface area contributed by atoms with Crippen LogP contribution in [-0.2, 0) is 9.59 Å². The first-order valence-electron chi connectivity index (χ1n) is 5.19. The van der Waals surface area contributed by atoms with E-state index in [2.05, 4.69) is 17.2 Å². The molecule has 2 N–H and O–H groups in total. The van der Waals surface area contributed by atoms with E-state index in [0.717, 1.165) is 0 Å². The van der Waals surface area contributed by atoms with Crippen molar-refractivity contribution in [1.29, 1.82) is 0 Å². The van der Waals surface area contributed by atoms with E-state index < -0.39 is 11.9 Å². The van der Waals surface area contributed by atoms with Crippen molar-refractivity contribution in [2.75, 3.05) is 0 Å². The molecule has 0 radical (unpaired) electrons. The molecule has 0 saturated heterocycles. The van der Waals surface area contributed by atoms with Gasteiger partial charge in [-0.25, -0.2) is 0 Å². The normalized spacial score (nSPS) is 12.2. The Morgan fingerprint density at radius 2 is 1.94 bits per heavy atom. The summed E-state index contributed by atoms with van der Waals surface area (Å²) in [5, 5.41) is 11.3. The Hall–Kier alpha value is -1.50. The van der Waals surface area contributed by atoms with Crippen molar-refractivity contribution < 1.29 is 14.7 Å². The maximum absolute atomic E-state index is 11.2. The fraction of sp³-hybridized carbons (Fsp3) is 0.667. The molecule has 0 spiro atoms. The summed E-state index contributed by atoms with van der Waals surface area (Å²) in [5.41, 5.74) is -0.0347. The molecule has 1 amide bonds. The van der Waals surface area contributed by atoms with Crippen molar-refractivity contribution in [3.05, 3.63) is 0 Å². The van der Waals surface area contributed by atoms with Crippen LogP contribution in [0.15, 0.2) is 0 Å². The van der Waals surface area contributed by atoms with Crippen molar-refractivity contribution >= 4 is 11.9 Å². The van der Waals surface area contributed by atoms with Crippen LogP contribution in [-0.4, -0.2) is 23.0 Å². The summed E-state index contributed by atoms with van der Waals surface area (Å²) in [7, 11) is 0. The van der Waals surface area contributed by atoms with Crippen LogP contribution >= 0.6 is 0 Å². The van der Waals surface area contributed by atoms with Gasteiger partial charge in [0.2, 0.25) is 0 Å². The number of carbonyl (C=O) groups excluding carboxylic acids is 1. The number of rotatable bonds is 4. The molecule has 0 aliphatic heterocycles. The van der Waals surface area contributed by atoms with Crippen LogP contribution in [0.3, 0.4) is 0 Å². The Labute approximate surface area is 96.4 Å². The molecule has 0 aliphatic carbocycles. The SMILES string of the molecule is CC#CC(=O)NC(CC(=O)O)CC(C)(C)C. The molecule has 90 valence electrons. The lowest BCUT2D eigenvalue weighted by molar-refractivity contribution is -0.137. The van der Waals surface area contributed by atoms with Gasteiger partial charge in [0.15, 0.2) is 0 Å². The summed E-state index contributed by atoms with van der Waals surface area (Å²) in [6, 6.07) is -0.370. The molecule has 1 atom stereocenters. The molecule has 4 nitrogen and oxygen atoms in total. The lowest BCUT2D eigenvalue weighted by atomic mass is 9.87. The topological polar surface area (TPSA) is 66.4 Å². The summed E-state index contributed by atoms with van der Waals surface area (Å²) >= 11 is 0. The highest BCUT2D eigenvalue weighted by Gasteiger charge is 2.22. The molecule has 1 unspecified atom stereocenters. The Bertz CT molecular complexity index is 317. The van der Waals surface area contributed by atoms with E-state index in [-0.39, 0.29) is 17.9 Å². The summed E-state index contributed by atoms with van der Waals surface area (Å²) < 4.78 is 0. The number of nitrogens with one attached hydrogen (secondary N) is 1. The van der Waals surface area contributed by atoms with Gasteiger partial charge in [0.25, 0.3) is 5.91 Å². The maximum Gasteiger partial charge on any atom is 0.305 e. The van der Waals surface area contributed by atoms with Crippen molar-refractivity contribution in [2.45, 2.75) is 46.6 Å². The first-order chi connectivity index (χ1) is 7.24. The first-order valence-corrected chi connectivity index (χ1v) is 5.19. The van der Waals surface area contributed by atoms with E-state index >= 15 is 0 Å². The van der Waals surface area contributed by atoms with E-state index in [4.69, 9.17) is 5.11 Å². The van der Waals surface area contributed by atoms with Gasteiger partial charge in [0, 0.05) is 6.04 Å². The smallest absolute Gasteiger partial charge is 0.305 e. The fourth-order valence-electron chi connectivity index (χ4n) is 1.46. The number of amides is 1. The van der Waals surface area contributed by atoms with Crippen molar-refractivity contribution in [2.24, 2.45) is 5.41 Å². The van der Waals surface area contributed by atoms with Crippen LogP contribution in [0.5, 0.6) is 0 Å². The molecule has 0 saturated carbocycles. The van der Waals surface area contributed by atoms with Crippen LogP contribution in [0, 0.1) is 17.3 Å². The number of carbonyl (C=O) groups is 2. The van der Waals surface area contributed by atoms with Gasteiger partial charge in [-0.3, -0.25) is 9.59 Å². The van der Waals surface area contributed by atoms with E-state index in [0.29, 0.717) is 6.42 Å². The minimum atomic E-state index is -0.918. The Balaban J connectivity index is 4.47. The molecular formula is C12H19NO3. The predicted octanol–water partition coefficient (Wildman–Crippen LogP) is 1.41. The van der Waals surface area contributed by atoms with E-state index in [9.17, 15) is 9.59 Å². The average Bonchev–Trinajstić information content (AvgIpc) is 1.98. The highest BCUT2D eigenvalue weighted by atomic mass is 16.4. The Morgan fingerprint density at radius 1 is 1.38 bits per heavy atom. The number of hydrogen-bond acceptors (Lipinski definition) is 2. The van der Waals surface area contributed by atoms with E-state index in [1.807, 2.05) is 20.8 Å². The predicted molar refractivity (Wildman–Crippen MR) is 61.7 cm³/mol. The Kier molecular flexibility index (Phi) is 5.59. The summed E-state index contributed by atoms with van der Waals surface area (Å²) in [4.78, 5) is 21.9. The van der Waals surface area contributed by atoms with E-state index in [1.165, 1.54) is 0 Å². The number of aliphatic carboxylic acids is 1. The molecular weight excluding hydrogens is 206 g/mol. The second-order valence-corrected chi connectivity index (χ2v) is 4.91. The van der Waals surface area contributed by atoms with Gasteiger partial charge in [-0.05, 0) is 24.7 Å². The number of hydrogen-bond donors (Lipinski definition) is 2. The largest absolute Gasteiger partial charge is 0.481 e. The molecule has 0 heterocycles. The van der Waals surface area contributed by atoms with Gasteiger partial charge in [-0.15, -0.1) is 0 Å². The number of carboxylic acid groups (broad SMARTS) is 1. The van der Waals surface area contributed by atoms with Gasteiger partial charge in [0.05, 0.1) is 6.42 Å². The molecule has 0 aromatic heterocycles. The third kappa shape index (κ3) is 7.86. The lowest BCUT2D eigenvalue weighted by Gasteiger charge is -2.25. The maximum atomic E-state index is 11.2. The highest BCUT2D eigenvalue weighted by Crippen LogP contribution is 2.22. The zero-order valence-corrected chi connectivity index (χ0v) is 10.3. The summed E-state index contributed by atoms with van der Waals surface area (Å²) in [6.07, 6.45) is 0.533. The quantitative estimate of drug-likeness (QED) is 0.711. The third-order valence-electron chi connectivity index (χ3n) is 1.85. The molecule has 0 fully saturated rings. The first kappa shape index (κ1) is 14.5. The van der Waals surface area contributed by atoms with Crippen molar-refractivity contribution in [1.82, 2.24) is 5.32 Å². The average molecular weight is 225 g/mol. The van der Waals surface area contributed by atoms with Gasteiger partial charge in [0.1, 0.15) is 0 Å². The van der Waals surface area contributed by atoms with Crippen molar-refractivity contribution in [3.8, 4) is 11.8 Å². The van der Waals surface area contributed by atoms with Crippen LogP contribution in [0.2, 0.25) is 0 Å². The molecule has 0 rings (SSSR count). The highest BCUT2D eigenvalue weighted by molar-refractivity contribution is 5.93. The van der Waals surface area contributed by atoms with Gasteiger partial charge < -0.3 is 10.4 Å². The minimum Gasteiger partial charge on any atom is -0.481 e. The summed E-state index contributed by atoms with van der Waals surface area (Å²) in [5.74, 6) is 3.49. The van der Waals surface area contributed by atoms with Crippen LogP contribution in [0.1, 0.15) is 40.5 Å². The second-order valence-electron chi connectivity index (χ2n) is 4.91. The second kappa shape index (κ2) is 6.16. The van der Waals surface area contributed by atoms with Crippen LogP contribution in [0.25, 0.3) is 0 Å². The lowest BCUT2D eigenvalue weighted by Crippen LogP contribution is -2.38. The fourth-order valence-corrected chi connectivity index (χ4v) is 1.46. The van der Waals surface area contributed by atoms with Gasteiger partial charge >= 0.3 is 5.97 Å². The van der Waals surface area contributed by atoms with Gasteiger partial charge in [-0.2, -0.15) is 0 Å². The molecule has 4 heteroatoms. The van der Waals surface area contributed by atoms with E-state index in [1.54, 1.807) is 6.92 Å². The van der Waals surface area contributed by atoms with Crippen LogP contribution < -0.4 is 5.32 Å². The molecule has 0 aromatic carbocycles. The van der Waals surface area contributed by atoms with Crippen LogP contribution in [0.4, 0.5) is 0 Å². The zero-order chi connectivity index (χ0) is 12.8. The molecule has 16 heavy (non-hydrogen) atoms. The standard InChI is InChI=1S/C12H19NO3/c1-5-6-10(14)13-9(7-11(15)16)8-12(2,3)4/h9H,7-8H2,1-4H3,(H,13,14)(H,15,16). The number of carboxylic acids is 1. The molecule has 0 bridgehead atoms. The minimum absolute atomic E-state index is 0.0347. The third-order valence-corrected chi connectivity index (χ3v) is 1.85. The Morgan fingerprint density at radius 3 is 2.31 bits per heavy atom. The zero-order valence-electron chi connectivity index (χ0n) is 10.3. The molecule has 0 aliphatic rings.